The maximum atomic E-state index is 5.56. The zero-order chi connectivity index (χ0) is 13.3. The summed E-state index contributed by atoms with van der Waals surface area (Å²) in [5.74, 6) is 0. The van der Waals surface area contributed by atoms with Gasteiger partial charge in [-0.3, -0.25) is 0 Å². The second-order valence-electron chi connectivity index (χ2n) is 4.23. The number of oxazole rings is 1. The Balaban J connectivity index is 1.60. The van der Waals surface area contributed by atoms with E-state index in [1.54, 1.807) is 7.11 Å². The third-order valence-corrected chi connectivity index (χ3v) is 2.72. The van der Waals surface area contributed by atoms with Crippen LogP contribution in [0.3, 0.4) is 0 Å². The van der Waals surface area contributed by atoms with E-state index in [-0.39, 0.29) is 0 Å². The highest BCUT2D eigenvalue weighted by atomic mass is 16.5. The lowest BCUT2D eigenvalue weighted by molar-refractivity contribution is 0.0691. The van der Waals surface area contributed by atoms with Crippen molar-refractivity contribution in [3.63, 3.8) is 0 Å². The molecule has 0 aliphatic carbocycles. The van der Waals surface area contributed by atoms with Crippen molar-refractivity contribution in [1.29, 1.82) is 0 Å². The fourth-order valence-electron chi connectivity index (χ4n) is 1.72. The number of anilines is 1. The Hall–Kier alpha value is -1.59. The number of nitrogens with one attached hydrogen (secondary N) is 1. The molecule has 104 valence electrons. The first-order valence-electron chi connectivity index (χ1n) is 6.56. The van der Waals surface area contributed by atoms with Crippen LogP contribution in [-0.4, -0.2) is 38.5 Å². The van der Waals surface area contributed by atoms with Crippen molar-refractivity contribution < 1.29 is 13.9 Å². The van der Waals surface area contributed by atoms with Crippen LogP contribution in [0, 0.1) is 0 Å². The molecule has 0 aliphatic heterocycles. The van der Waals surface area contributed by atoms with Gasteiger partial charge in [0.25, 0.3) is 6.01 Å². The molecule has 2 rings (SSSR count). The summed E-state index contributed by atoms with van der Waals surface area (Å²) in [6.45, 7) is 2.91. The second kappa shape index (κ2) is 7.76. The number of benzene rings is 1. The number of para-hydroxylation sites is 2. The minimum atomic E-state index is 0.585. The molecule has 0 amide bonds. The molecule has 1 aromatic heterocycles. The summed E-state index contributed by atoms with van der Waals surface area (Å²) in [5.41, 5.74) is 1.70. The summed E-state index contributed by atoms with van der Waals surface area (Å²) < 4.78 is 15.8. The number of ether oxygens (including phenoxy) is 2. The van der Waals surface area contributed by atoms with Gasteiger partial charge in [0.1, 0.15) is 5.52 Å². The number of fused-ring (bicyclic) bond motifs is 1. The van der Waals surface area contributed by atoms with Crippen molar-refractivity contribution in [2.45, 2.75) is 12.8 Å². The van der Waals surface area contributed by atoms with E-state index in [0.717, 1.165) is 37.1 Å². The molecule has 5 nitrogen and oxygen atoms in total. The number of hydrogen-bond acceptors (Lipinski definition) is 5. The Labute approximate surface area is 112 Å². The Morgan fingerprint density at radius 3 is 2.89 bits per heavy atom. The van der Waals surface area contributed by atoms with Gasteiger partial charge in [0.2, 0.25) is 0 Å². The molecule has 0 fully saturated rings. The number of aromatic nitrogens is 1. The highest BCUT2D eigenvalue weighted by Gasteiger charge is 2.03. The lowest BCUT2D eigenvalue weighted by Gasteiger charge is -2.03. The fourth-order valence-corrected chi connectivity index (χ4v) is 1.72. The average Bonchev–Trinajstić information content (AvgIpc) is 2.84. The summed E-state index contributed by atoms with van der Waals surface area (Å²) >= 11 is 0. The van der Waals surface area contributed by atoms with Crippen LogP contribution in [0.5, 0.6) is 0 Å². The molecule has 0 spiro atoms. The van der Waals surface area contributed by atoms with Crippen molar-refractivity contribution >= 4 is 17.1 Å². The van der Waals surface area contributed by atoms with Crippen molar-refractivity contribution in [1.82, 2.24) is 4.98 Å². The summed E-state index contributed by atoms with van der Waals surface area (Å²) in [6, 6.07) is 8.33. The lowest BCUT2D eigenvalue weighted by atomic mass is 10.3. The molecule has 0 radical (unpaired) electrons. The van der Waals surface area contributed by atoms with E-state index in [0.29, 0.717) is 19.2 Å². The highest BCUT2D eigenvalue weighted by molar-refractivity contribution is 5.74. The van der Waals surface area contributed by atoms with Crippen molar-refractivity contribution in [3.8, 4) is 0 Å². The van der Waals surface area contributed by atoms with Gasteiger partial charge in [-0.15, -0.1) is 0 Å². The maximum absolute atomic E-state index is 5.56. The molecule has 19 heavy (non-hydrogen) atoms. The van der Waals surface area contributed by atoms with E-state index in [2.05, 4.69) is 10.3 Å². The predicted molar refractivity (Wildman–Crippen MR) is 74.4 cm³/mol. The number of nitrogens with zero attached hydrogens (tertiary/aromatic N) is 1. The quantitative estimate of drug-likeness (QED) is 0.706. The minimum Gasteiger partial charge on any atom is -0.424 e. The molecular weight excluding hydrogens is 244 g/mol. The van der Waals surface area contributed by atoms with E-state index < -0.39 is 0 Å². The van der Waals surface area contributed by atoms with Crippen LogP contribution in [0.1, 0.15) is 12.8 Å². The monoisotopic (exact) mass is 264 g/mol. The van der Waals surface area contributed by atoms with Crippen LogP contribution < -0.4 is 5.32 Å². The normalized spacial score (nSPS) is 11.0. The van der Waals surface area contributed by atoms with Crippen molar-refractivity contribution in [2.24, 2.45) is 0 Å². The Morgan fingerprint density at radius 2 is 2.05 bits per heavy atom. The zero-order valence-electron chi connectivity index (χ0n) is 11.2. The summed E-state index contributed by atoms with van der Waals surface area (Å²) in [7, 11) is 1.67. The van der Waals surface area contributed by atoms with E-state index in [1.807, 2.05) is 24.3 Å². The van der Waals surface area contributed by atoms with E-state index >= 15 is 0 Å². The van der Waals surface area contributed by atoms with Crippen LogP contribution in [0.15, 0.2) is 28.7 Å². The number of rotatable bonds is 9. The van der Waals surface area contributed by atoms with Gasteiger partial charge in [0.05, 0.1) is 13.2 Å². The Kier molecular flexibility index (Phi) is 5.65. The number of hydrogen-bond donors (Lipinski definition) is 1. The van der Waals surface area contributed by atoms with Crippen LogP contribution in [-0.2, 0) is 9.47 Å². The topological polar surface area (TPSA) is 56.5 Å². The van der Waals surface area contributed by atoms with Gasteiger partial charge in [0, 0.05) is 20.3 Å². The molecule has 0 bridgehead atoms. The van der Waals surface area contributed by atoms with Gasteiger partial charge in [-0.2, -0.15) is 4.98 Å². The molecule has 5 heteroatoms. The molecule has 1 aromatic carbocycles. The molecule has 2 aromatic rings. The number of methoxy groups -OCH3 is 1. The van der Waals surface area contributed by atoms with Crippen LogP contribution in [0.25, 0.3) is 11.1 Å². The first-order valence-corrected chi connectivity index (χ1v) is 6.56. The third-order valence-electron chi connectivity index (χ3n) is 2.72. The third kappa shape index (κ3) is 4.54. The van der Waals surface area contributed by atoms with Crippen molar-refractivity contribution in [2.75, 3.05) is 38.8 Å². The van der Waals surface area contributed by atoms with Gasteiger partial charge < -0.3 is 19.2 Å². The van der Waals surface area contributed by atoms with E-state index in [1.165, 1.54) is 0 Å². The van der Waals surface area contributed by atoms with Crippen LogP contribution in [0.4, 0.5) is 6.01 Å². The average molecular weight is 264 g/mol. The molecular formula is C14H20N2O3. The fraction of sp³-hybridized carbons (Fsp3) is 0.500. The standard InChI is InChI=1S/C14H20N2O3/c1-17-10-11-18-9-5-4-8-15-14-16-12-6-2-3-7-13(12)19-14/h2-3,6-7H,4-5,8-11H2,1H3,(H,15,16). The summed E-state index contributed by atoms with van der Waals surface area (Å²) in [5, 5.41) is 3.18. The smallest absolute Gasteiger partial charge is 0.295 e. The van der Waals surface area contributed by atoms with E-state index in [9.17, 15) is 0 Å². The molecule has 0 saturated heterocycles. The second-order valence-corrected chi connectivity index (χ2v) is 4.23. The first kappa shape index (κ1) is 13.8. The van der Waals surface area contributed by atoms with Crippen molar-refractivity contribution in [3.05, 3.63) is 24.3 Å². The van der Waals surface area contributed by atoms with Gasteiger partial charge in [-0.1, -0.05) is 12.1 Å². The molecule has 0 unspecified atom stereocenters. The Bertz CT molecular complexity index is 451. The predicted octanol–water partition coefficient (Wildman–Crippen LogP) is 2.68. The van der Waals surface area contributed by atoms with Gasteiger partial charge in [0.15, 0.2) is 5.58 Å². The highest BCUT2D eigenvalue weighted by Crippen LogP contribution is 2.17. The zero-order valence-corrected chi connectivity index (χ0v) is 11.2. The Morgan fingerprint density at radius 1 is 1.16 bits per heavy atom. The first-order chi connectivity index (χ1) is 9.40. The minimum absolute atomic E-state index is 0.585. The van der Waals surface area contributed by atoms with E-state index in [4.69, 9.17) is 13.9 Å². The summed E-state index contributed by atoms with van der Waals surface area (Å²) in [6.07, 6.45) is 2.03. The SMILES string of the molecule is COCCOCCCCNc1nc2ccccc2o1. The maximum Gasteiger partial charge on any atom is 0.295 e. The molecule has 0 atom stereocenters. The van der Waals surface area contributed by atoms with Gasteiger partial charge >= 0.3 is 0 Å². The molecule has 1 N–H and O–H groups in total. The van der Waals surface area contributed by atoms with Gasteiger partial charge in [-0.25, -0.2) is 0 Å². The molecule has 0 saturated carbocycles. The van der Waals surface area contributed by atoms with Gasteiger partial charge in [-0.05, 0) is 25.0 Å². The summed E-state index contributed by atoms with van der Waals surface area (Å²) in [4.78, 5) is 4.35. The molecule has 0 aliphatic rings. The largest absolute Gasteiger partial charge is 0.424 e. The number of unbranched alkanes of at least 4 members (excludes halogenated alkanes) is 1. The lowest BCUT2D eigenvalue weighted by Crippen LogP contribution is -2.06. The molecule has 1 heterocycles. The van der Waals surface area contributed by atoms with Crippen LogP contribution >= 0.6 is 0 Å². The van der Waals surface area contributed by atoms with Crippen LogP contribution in [0.2, 0.25) is 0 Å².